The van der Waals surface area contributed by atoms with E-state index < -0.39 is 0 Å². The van der Waals surface area contributed by atoms with Crippen LogP contribution in [0, 0.1) is 5.82 Å². The second kappa shape index (κ2) is 6.34. The number of hydrogen-bond donors (Lipinski definition) is 1. The third kappa shape index (κ3) is 3.39. The van der Waals surface area contributed by atoms with Gasteiger partial charge in [0.1, 0.15) is 5.82 Å². The number of nitrogens with one attached hydrogen (secondary N) is 1. The minimum atomic E-state index is -0.225. The number of anilines is 1. The molecule has 2 aromatic carbocycles. The molecule has 0 fully saturated rings. The molecule has 6 heteroatoms. The standard InChI is InChI=1S/C15H12BrFN2S2/c1-20-15-19-13-5-3-11(7-14(13)21-15)18-8-9-6-10(17)2-4-12(9)16/h2-7,18H,8H2,1H3. The van der Waals surface area contributed by atoms with E-state index in [9.17, 15) is 4.39 Å². The third-order valence-electron chi connectivity index (χ3n) is 3.03. The maximum absolute atomic E-state index is 13.3. The fourth-order valence-electron chi connectivity index (χ4n) is 1.98. The molecule has 0 saturated carbocycles. The Bertz CT molecular complexity index is 788. The molecular formula is C15H12BrFN2S2. The van der Waals surface area contributed by atoms with E-state index in [1.165, 1.54) is 12.1 Å². The fraction of sp³-hybridized carbons (Fsp3) is 0.133. The summed E-state index contributed by atoms with van der Waals surface area (Å²) in [5.41, 5.74) is 2.92. The maximum atomic E-state index is 13.3. The number of rotatable bonds is 4. The number of hydrogen-bond acceptors (Lipinski definition) is 4. The summed E-state index contributed by atoms with van der Waals surface area (Å²) in [6, 6.07) is 10.8. The van der Waals surface area contributed by atoms with Crippen molar-refractivity contribution < 1.29 is 4.39 Å². The van der Waals surface area contributed by atoms with E-state index in [-0.39, 0.29) is 5.82 Å². The Hall–Kier alpha value is -1.11. The molecule has 3 aromatic rings. The number of nitrogens with zero attached hydrogens (tertiary/aromatic N) is 1. The minimum absolute atomic E-state index is 0.225. The highest BCUT2D eigenvalue weighted by Crippen LogP contribution is 2.30. The lowest BCUT2D eigenvalue weighted by molar-refractivity contribution is 0.625. The van der Waals surface area contributed by atoms with Gasteiger partial charge in [0.2, 0.25) is 0 Å². The molecule has 0 amide bonds. The van der Waals surface area contributed by atoms with Crippen molar-refractivity contribution in [2.24, 2.45) is 0 Å². The molecule has 21 heavy (non-hydrogen) atoms. The first-order valence-electron chi connectivity index (χ1n) is 6.28. The molecular weight excluding hydrogens is 371 g/mol. The number of aromatic nitrogens is 1. The lowest BCUT2D eigenvalue weighted by Crippen LogP contribution is -2.00. The zero-order valence-electron chi connectivity index (χ0n) is 11.2. The van der Waals surface area contributed by atoms with Crippen LogP contribution in [0.25, 0.3) is 10.2 Å². The summed E-state index contributed by atoms with van der Waals surface area (Å²) in [4.78, 5) is 4.51. The summed E-state index contributed by atoms with van der Waals surface area (Å²) in [6.45, 7) is 0.567. The van der Waals surface area contributed by atoms with E-state index in [1.54, 1.807) is 29.2 Å². The van der Waals surface area contributed by atoms with Gasteiger partial charge in [-0.25, -0.2) is 9.37 Å². The average Bonchev–Trinajstić information content (AvgIpc) is 2.90. The van der Waals surface area contributed by atoms with Gasteiger partial charge in [-0.1, -0.05) is 27.7 Å². The number of halogens is 2. The Morgan fingerprint density at radius 1 is 1.29 bits per heavy atom. The monoisotopic (exact) mass is 382 g/mol. The third-order valence-corrected chi connectivity index (χ3v) is 5.81. The highest BCUT2D eigenvalue weighted by atomic mass is 79.9. The number of benzene rings is 2. The first-order chi connectivity index (χ1) is 10.2. The number of fused-ring (bicyclic) bond motifs is 1. The summed E-state index contributed by atoms with van der Waals surface area (Å²) in [6.07, 6.45) is 2.03. The Morgan fingerprint density at radius 2 is 2.14 bits per heavy atom. The molecule has 2 nitrogen and oxygen atoms in total. The van der Waals surface area contributed by atoms with Crippen molar-refractivity contribution in [3.05, 3.63) is 52.3 Å². The minimum Gasteiger partial charge on any atom is -0.381 e. The molecule has 0 unspecified atom stereocenters. The van der Waals surface area contributed by atoms with Crippen LogP contribution in [-0.2, 0) is 6.54 Å². The van der Waals surface area contributed by atoms with Crippen molar-refractivity contribution in [3.63, 3.8) is 0 Å². The van der Waals surface area contributed by atoms with E-state index >= 15 is 0 Å². The second-order valence-electron chi connectivity index (χ2n) is 4.46. The molecule has 0 aliphatic heterocycles. The van der Waals surface area contributed by atoms with Crippen molar-refractivity contribution in [1.82, 2.24) is 4.98 Å². The van der Waals surface area contributed by atoms with Gasteiger partial charge in [0.05, 0.1) is 10.2 Å². The van der Waals surface area contributed by atoms with E-state index in [0.29, 0.717) is 6.54 Å². The van der Waals surface area contributed by atoms with Crippen LogP contribution in [0.4, 0.5) is 10.1 Å². The first-order valence-corrected chi connectivity index (χ1v) is 9.11. The Morgan fingerprint density at radius 3 is 2.95 bits per heavy atom. The Balaban J connectivity index is 1.80. The number of thioether (sulfide) groups is 1. The van der Waals surface area contributed by atoms with E-state index in [2.05, 4.69) is 32.3 Å². The molecule has 0 aliphatic carbocycles. The molecule has 0 atom stereocenters. The summed E-state index contributed by atoms with van der Waals surface area (Å²) < 4.78 is 16.4. The van der Waals surface area contributed by atoms with Gasteiger partial charge in [0.15, 0.2) is 4.34 Å². The molecule has 108 valence electrons. The van der Waals surface area contributed by atoms with Gasteiger partial charge in [-0.15, -0.1) is 11.3 Å². The van der Waals surface area contributed by atoms with Gasteiger partial charge in [-0.05, 0) is 48.2 Å². The normalized spacial score (nSPS) is 11.0. The summed E-state index contributed by atoms with van der Waals surface area (Å²) in [5.74, 6) is -0.225. The average molecular weight is 383 g/mol. The zero-order chi connectivity index (χ0) is 14.8. The van der Waals surface area contributed by atoms with Crippen molar-refractivity contribution in [3.8, 4) is 0 Å². The number of thiazole rings is 1. The van der Waals surface area contributed by atoms with Gasteiger partial charge >= 0.3 is 0 Å². The highest BCUT2D eigenvalue weighted by Gasteiger charge is 2.05. The lowest BCUT2D eigenvalue weighted by Gasteiger charge is -2.08. The van der Waals surface area contributed by atoms with Crippen LogP contribution in [0.1, 0.15) is 5.56 Å². The van der Waals surface area contributed by atoms with Crippen LogP contribution in [0.15, 0.2) is 45.2 Å². The van der Waals surface area contributed by atoms with Crippen LogP contribution < -0.4 is 5.32 Å². The summed E-state index contributed by atoms with van der Waals surface area (Å²) >= 11 is 6.77. The molecule has 0 bridgehead atoms. The summed E-state index contributed by atoms with van der Waals surface area (Å²) in [5, 5.41) is 3.32. The predicted molar refractivity (Wildman–Crippen MR) is 92.8 cm³/mol. The molecule has 1 N–H and O–H groups in total. The van der Waals surface area contributed by atoms with Crippen LogP contribution in [-0.4, -0.2) is 11.2 Å². The lowest BCUT2D eigenvalue weighted by atomic mass is 10.2. The van der Waals surface area contributed by atoms with Gasteiger partial charge < -0.3 is 5.32 Å². The van der Waals surface area contributed by atoms with Crippen molar-refractivity contribution >= 4 is 54.9 Å². The predicted octanol–water partition coefficient (Wildman–Crippen LogP) is 5.53. The van der Waals surface area contributed by atoms with Crippen molar-refractivity contribution in [1.29, 1.82) is 0 Å². The molecule has 0 spiro atoms. The topological polar surface area (TPSA) is 24.9 Å². The van der Waals surface area contributed by atoms with E-state index in [1.807, 2.05) is 18.4 Å². The first kappa shape index (κ1) is 14.8. The SMILES string of the molecule is CSc1nc2ccc(NCc3cc(F)ccc3Br)cc2s1. The molecule has 3 rings (SSSR count). The molecule has 1 aromatic heterocycles. The Labute approximate surface area is 138 Å². The van der Waals surface area contributed by atoms with Gasteiger partial charge in [0, 0.05) is 16.7 Å². The van der Waals surface area contributed by atoms with Crippen LogP contribution in [0.3, 0.4) is 0 Å². The fourth-order valence-corrected chi connectivity index (χ4v) is 3.89. The molecule has 0 saturated heterocycles. The second-order valence-corrected chi connectivity index (χ2v) is 7.39. The van der Waals surface area contributed by atoms with Gasteiger partial charge in [0.25, 0.3) is 0 Å². The van der Waals surface area contributed by atoms with Gasteiger partial charge in [-0.2, -0.15) is 0 Å². The van der Waals surface area contributed by atoms with E-state index in [0.717, 1.165) is 30.3 Å². The molecule has 0 radical (unpaired) electrons. The van der Waals surface area contributed by atoms with Crippen LogP contribution in [0.5, 0.6) is 0 Å². The summed E-state index contributed by atoms with van der Waals surface area (Å²) in [7, 11) is 0. The van der Waals surface area contributed by atoms with Crippen molar-refractivity contribution in [2.45, 2.75) is 10.9 Å². The zero-order valence-corrected chi connectivity index (χ0v) is 14.4. The maximum Gasteiger partial charge on any atom is 0.150 e. The Kier molecular flexibility index (Phi) is 4.47. The van der Waals surface area contributed by atoms with Crippen LogP contribution >= 0.6 is 39.0 Å². The largest absolute Gasteiger partial charge is 0.381 e. The molecule has 1 heterocycles. The smallest absolute Gasteiger partial charge is 0.150 e. The highest BCUT2D eigenvalue weighted by molar-refractivity contribution is 9.10. The van der Waals surface area contributed by atoms with Gasteiger partial charge in [-0.3, -0.25) is 0 Å². The van der Waals surface area contributed by atoms with E-state index in [4.69, 9.17) is 0 Å². The quantitative estimate of drug-likeness (QED) is 0.600. The van der Waals surface area contributed by atoms with Crippen molar-refractivity contribution in [2.75, 3.05) is 11.6 Å². The molecule has 0 aliphatic rings. The van der Waals surface area contributed by atoms with Crippen LogP contribution in [0.2, 0.25) is 0 Å².